The second-order valence-electron chi connectivity index (χ2n) is 3.35. The molecule has 1 aromatic carbocycles. The fraction of sp³-hybridized carbons (Fsp3) is 0.273. The Morgan fingerprint density at radius 2 is 2.06 bits per heavy atom. The van der Waals surface area contributed by atoms with Crippen molar-refractivity contribution >= 4 is 11.8 Å². The predicted molar refractivity (Wildman–Crippen MR) is 53.6 cm³/mol. The van der Waals surface area contributed by atoms with Gasteiger partial charge < -0.3 is 14.2 Å². The molecule has 7 heteroatoms. The number of carbonyl (C=O) groups is 2. The molecule has 96 valence electrons. The van der Waals surface area contributed by atoms with Crippen LogP contribution in [0.25, 0.3) is 0 Å². The lowest BCUT2D eigenvalue weighted by molar-refractivity contribution is -0.286. The third kappa shape index (κ3) is 2.11. The quantitative estimate of drug-likeness (QED) is 0.469. The first-order valence-electron chi connectivity index (χ1n) is 5.05. The van der Waals surface area contributed by atoms with Gasteiger partial charge in [-0.2, -0.15) is 0 Å². The third-order valence-corrected chi connectivity index (χ3v) is 2.13. The summed E-state index contributed by atoms with van der Waals surface area (Å²) in [6, 6.07) is 3.69. The Bertz CT molecular complexity index is 512. The largest absolute Gasteiger partial charge is 0.586 e. The Morgan fingerprint density at radius 3 is 2.72 bits per heavy atom. The molecule has 0 fully saturated rings. The van der Waals surface area contributed by atoms with E-state index in [4.69, 9.17) is 0 Å². The molecule has 0 unspecified atom stereocenters. The first kappa shape index (κ1) is 12.3. The zero-order valence-electron chi connectivity index (χ0n) is 9.24. The van der Waals surface area contributed by atoms with E-state index in [2.05, 4.69) is 14.2 Å². The number of ketones is 1. The van der Waals surface area contributed by atoms with Gasteiger partial charge >= 0.3 is 12.3 Å². The van der Waals surface area contributed by atoms with Crippen LogP contribution in [0, 0.1) is 0 Å². The predicted octanol–water partition coefficient (Wildman–Crippen LogP) is 1.75. The summed E-state index contributed by atoms with van der Waals surface area (Å²) >= 11 is 0. The van der Waals surface area contributed by atoms with Crippen LogP contribution in [0.1, 0.15) is 17.3 Å². The lowest BCUT2D eigenvalue weighted by Gasteiger charge is -2.06. The van der Waals surface area contributed by atoms with Gasteiger partial charge in [-0.05, 0) is 19.1 Å². The molecule has 5 nitrogen and oxygen atoms in total. The number of halogens is 2. The zero-order valence-corrected chi connectivity index (χ0v) is 9.24. The number of alkyl halides is 2. The average molecular weight is 258 g/mol. The van der Waals surface area contributed by atoms with Gasteiger partial charge in [0.1, 0.15) is 0 Å². The highest BCUT2D eigenvalue weighted by molar-refractivity contribution is 6.41. The summed E-state index contributed by atoms with van der Waals surface area (Å²) in [7, 11) is 0. The van der Waals surface area contributed by atoms with Crippen molar-refractivity contribution in [2.24, 2.45) is 0 Å². The van der Waals surface area contributed by atoms with E-state index < -0.39 is 23.8 Å². The third-order valence-electron chi connectivity index (χ3n) is 2.13. The van der Waals surface area contributed by atoms with Gasteiger partial charge in [-0.3, -0.25) is 4.79 Å². The molecule has 1 aromatic rings. The van der Waals surface area contributed by atoms with Crippen molar-refractivity contribution in [3.8, 4) is 11.5 Å². The van der Waals surface area contributed by atoms with Gasteiger partial charge in [-0.1, -0.05) is 6.07 Å². The fourth-order valence-electron chi connectivity index (χ4n) is 1.45. The molecule has 18 heavy (non-hydrogen) atoms. The molecular formula is C11H8F2O5. The van der Waals surface area contributed by atoms with E-state index in [1.165, 1.54) is 25.1 Å². The maximum Gasteiger partial charge on any atom is 0.586 e. The van der Waals surface area contributed by atoms with Crippen LogP contribution < -0.4 is 9.47 Å². The van der Waals surface area contributed by atoms with Gasteiger partial charge in [-0.25, -0.2) is 4.79 Å². The monoisotopic (exact) mass is 258 g/mol. The van der Waals surface area contributed by atoms with Crippen molar-refractivity contribution in [1.82, 2.24) is 0 Å². The molecule has 0 aliphatic carbocycles. The molecule has 0 aromatic heterocycles. The number of hydrogen-bond acceptors (Lipinski definition) is 5. The van der Waals surface area contributed by atoms with E-state index in [9.17, 15) is 18.4 Å². The van der Waals surface area contributed by atoms with Crippen LogP contribution in [0.3, 0.4) is 0 Å². The first-order valence-corrected chi connectivity index (χ1v) is 5.05. The molecule has 0 radical (unpaired) electrons. The van der Waals surface area contributed by atoms with Crippen molar-refractivity contribution in [1.29, 1.82) is 0 Å². The Hall–Kier alpha value is -2.18. The summed E-state index contributed by atoms with van der Waals surface area (Å²) in [6.45, 7) is 1.53. The lowest BCUT2D eigenvalue weighted by atomic mass is 10.1. The van der Waals surface area contributed by atoms with Gasteiger partial charge in [-0.15, -0.1) is 8.78 Å². The van der Waals surface area contributed by atoms with Crippen LogP contribution in [-0.2, 0) is 9.53 Å². The van der Waals surface area contributed by atoms with Crippen molar-refractivity contribution in [2.75, 3.05) is 6.61 Å². The van der Waals surface area contributed by atoms with E-state index in [1.54, 1.807) is 0 Å². The second kappa shape index (κ2) is 4.25. The molecule has 1 aliphatic rings. The standard InChI is InChI=1S/C11H8F2O5/c1-2-16-10(15)8(14)6-4-3-5-7-9(6)18-11(12,13)17-7/h3-5H,2H2,1H3. The molecule has 0 amide bonds. The summed E-state index contributed by atoms with van der Waals surface area (Å²) in [5.41, 5.74) is -0.317. The lowest BCUT2D eigenvalue weighted by Crippen LogP contribution is -2.26. The van der Waals surface area contributed by atoms with Crippen molar-refractivity contribution in [3.63, 3.8) is 0 Å². The van der Waals surface area contributed by atoms with Gasteiger partial charge in [0.2, 0.25) is 0 Å². The highest BCUT2D eigenvalue weighted by Gasteiger charge is 2.45. The number of fused-ring (bicyclic) bond motifs is 1. The normalized spacial score (nSPS) is 15.3. The van der Waals surface area contributed by atoms with Gasteiger partial charge in [0.05, 0.1) is 12.2 Å². The maximum atomic E-state index is 12.9. The fourth-order valence-corrected chi connectivity index (χ4v) is 1.45. The molecule has 0 N–H and O–H groups in total. The average Bonchev–Trinajstić information content (AvgIpc) is 2.61. The molecule has 1 heterocycles. The minimum atomic E-state index is -3.84. The van der Waals surface area contributed by atoms with E-state index in [0.717, 1.165) is 0 Å². The van der Waals surface area contributed by atoms with Crippen LogP contribution in [0.15, 0.2) is 18.2 Å². The molecule has 0 saturated heterocycles. The minimum Gasteiger partial charge on any atom is -0.460 e. The number of hydrogen-bond donors (Lipinski definition) is 0. The molecule has 2 rings (SSSR count). The number of rotatable bonds is 3. The van der Waals surface area contributed by atoms with Crippen LogP contribution in [-0.4, -0.2) is 24.7 Å². The number of para-hydroxylation sites is 1. The summed E-state index contributed by atoms with van der Waals surface area (Å²) in [5.74, 6) is -2.95. The van der Waals surface area contributed by atoms with Gasteiger partial charge in [0.15, 0.2) is 11.5 Å². The van der Waals surface area contributed by atoms with Crippen LogP contribution in [0.2, 0.25) is 0 Å². The highest BCUT2D eigenvalue weighted by Crippen LogP contribution is 2.43. The molecule has 0 spiro atoms. The number of benzene rings is 1. The number of Topliss-reactive ketones (excluding diaryl/α,β-unsaturated/α-hetero) is 1. The maximum absolute atomic E-state index is 12.9. The van der Waals surface area contributed by atoms with Gasteiger partial charge in [0.25, 0.3) is 5.78 Å². The van der Waals surface area contributed by atoms with Crippen molar-refractivity contribution in [3.05, 3.63) is 23.8 Å². The van der Waals surface area contributed by atoms with Crippen LogP contribution in [0.5, 0.6) is 11.5 Å². The summed E-state index contributed by atoms with van der Waals surface area (Å²) in [4.78, 5) is 22.9. The highest BCUT2D eigenvalue weighted by atomic mass is 19.3. The number of esters is 1. The smallest absolute Gasteiger partial charge is 0.460 e. The van der Waals surface area contributed by atoms with Crippen molar-refractivity contribution < 1.29 is 32.6 Å². The Labute approximate surface area is 100 Å². The SMILES string of the molecule is CCOC(=O)C(=O)c1cccc2c1OC(F)(F)O2. The Morgan fingerprint density at radius 1 is 1.33 bits per heavy atom. The van der Waals surface area contributed by atoms with Gasteiger partial charge in [0, 0.05) is 0 Å². The zero-order chi connectivity index (χ0) is 13.3. The molecule has 0 atom stereocenters. The topological polar surface area (TPSA) is 61.8 Å². The van der Waals surface area contributed by atoms with E-state index in [-0.39, 0.29) is 17.9 Å². The van der Waals surface area contributed by atoms with E-state index >= 15 is 0 Å². The van der Waals surface area contributed by atoms with E-state index in [1.807, 2.05) is 0 Å². The Balaban J connectivity index is 2.35. The van der Waals surface area contributed by atoms with Crippen LogP contribution >= 0.6 is 0 Å². The van der Waals surface area contributed by atoms with Crippen LogP contribution in [0.4, 0.5) is 8.78 Å². The Kier molecular flexibility index (Phi) is 2.90. The minimum absolute atomic E-state index is 0.00706. The molecular weight excluding hydrogens is 250 g/mol. The number of carbonyl (C=O) groups excluding carboxylic acids is 2. The van der Waals surface area contributed by atoms with Crippen molar-refractivity contribution in [2.45, 2.75) is 13.2 Å². The molecule has 1 aliphatic heterocycles. The molecule has 0 saturated carbocycles. The number of ether oxygens (including phenoxy) is 3. The summed E-state index contributed by atoms with van der Waals surface area (Å²) < 4.78 is 38.6. The first-order chi connectivity index (χ1) is 8.44. The second-order valence-corrected chi connectivity index (χ2v) is 3.35. The summed E-state index contributed by atoms with van der Waals surface area (Å²) in [6.07, 6.45) is -3.84. The summed E-state index contributed by atoms with van der Waals surface area (Å²) in [5, 5.41) is 0. The van der Waals surface area contributed by atoms with E-state index in [0.29, 0.717) is 0 Å². The molecule has 0 bridgehead atoms.